The van der Waals surface area contributed by atoms with E-state index in [2.05, 4.69) is 14.9 Å². The summed E-state index contributed by atoms with van der Waals surface area (Å²) in [4.78, 5) is 25.9. The molecule has 1 fully saturated rings. The fourth-order valence-corrected chi connectivity index (χ4v) is 3.30. The minimum Gasteiger partial charge on any atom is -0.338 e. The van der Waals surface area contributed by atoms with Crippen LogP contribution in [0.5, 0.6) is 0 Å². The highest BCUT2D eigenvalue weighted by atomic mass is 35.5. The summed E-state index contributed by atoms with van der Waals surface area (Å²) in [6.45, 7) is 2.94. The molecule has 7 heteroatoms. The second-order valence-electron chi connectivity index (χ2n) is 5.16. The van der Waals surface area contributed by atoms with Crippen LogP contribution in [0.4, 0.5) is 5.95 Å². The van der Waals surface area contributed by atoms with E-state index in [1.165, 1.54) is 11.8 Å². The molecule has 0 N–H and O–H groups in total. The van der Waals surface area contributed by atoms with Gasteiger partial charge in [-0.3, -0.25) is 4.79 Å². The van der Waals surface area contributed by atoms with Crippen molar-refractivity contribution in [3.05, 3.63) is 47.7 Å². The maximum atomic E-state index is 12.3. The number of hydrogen-bond donors (Lipinski definition) is 0. The van der Waals surface area contributed by atoms with E-state index in [0.717, 1.165) is 23.9 Å². The summed E-state index contributed by atoms with van der Waals surface area (Å²) in [5.41, 5.74) is 0. The van der Waals surface area contributed by atoms with Crippen LogP contribution in [-0.4, -0.2) is 52.7 Å². The molecule has 0 aliphatic carbocycles. The number of hydrogen-bond acceptors (Lipinski definition) is 5. The van der Waals surface area contributed by atoms with Gasteiger partial charge in [-0.2, -0.15) is 0 Å². The number of amides is 1. The number of nitrogens with zero attached hydrogens (tertiary/aromatic N) is 4. The van der Waals surface area contributed by atoms with Crippen molar-refractivity contribution < 1.29 is 4.79 Å². The minimum atomic E-state index is 0.165. The first kappa shape index (κ1) is 16.1. The van der Waals surface area contributed by atoms with E-state index in [-0.39, 0.29) is 5.91 Å². The van der Waals surface area contributed by atoms with Crippen LogP contribution in [0.25, 0.3) is 0 Å². The lowest BCUT2D eigenvalue weighted by Crippen LogP contribution is -2.49. The van der Waals surface area contributed by atoms with Crippen LogP contribution in [0, 0.1) is 0 Å². The average molecular weight is 349 g/mol. The zero-order valence-electron chi connectivity index (χ0n) is 12.6. The van der Waals surface area contributed by atoms with Gasteiger partial charge in [0.1, 0.15) is 0 Å². The largest absolute Gasteiger partial charge is 0.338 e. The molecule has 0 spiro atoms. The maximum absolute atomic E-state index is 12.3. The Hall–Kier alpha value is -1.79. The molecule has 5 nitrogen and oxygen atoms in total. The molecule has 2 aromatic rings. The van der Waals surface area contributed by atoms with Crippen LogP contribution < -0.4 is 4.90 Å². The van der Waals surface area contributed by atoms with Crippen molar-refractivity contribution in [2.24, 2.45) is 0 Å². The highest BCUT2D eigenvalue weighted by Crippen LogP contribution is 2.21. The van der Waals surface area contributed by atoms with E-state index in [0.29, 0.717) is 23.9 Å². The zero-order chi connectivity index (χ0) is 16.1. The van der Waals surface area contributed by atoms with Gasteiger partial charge in [0, 0.05) is 48.5 Å². The lowest BCUT2D eigenvalue weighted by atomic mass is 10.3. The van der Waals surface area contributed by atoms with Gasteiger partial charge in [0.15, 0.2) is 0 Å². The fraction of sp³-hybridized carbons (Fsp3) is 0.312. The van der Waals surface area contributed by atoms with E-state index >= 15 is 0 Å². The summed E-state index contributed by atoms with van der Waals surface area (Å²) in [7, 11) is 0. The predicted octanol–water partition coefficient (Wildman–Crippen LogP) is 2.57. The Morgan fingerprint density at radius 2 is 1.74 bits per heavy atom. The molecule has 0 atom stereocenters. The summed E-state index contributed by atoms with van der Waals surface area (Å²) < 4.78 is 0. The smallest absolute Gasteiger partial charge is 0.233 e. The summed E-state index contributed by atoms with van der Waals surface area (Å²) in [6.07, 6.45) is 3.48. The Labute approximate surface area is 144 Å². The highest BCUT2D eigenvalue weighted by molar-refractivity contribution is 8.00. The molecule has 2 heterocycles. The van der Waals surface area contributed by atoms with E-state index < -0.39 is 0 Å². The van der Waals surface area contributed by atoms with Crippen LogP contribution >= 0.6 is 23.4 Å². The van der Waals surface area contributed by atoms with Crippen molar-refractivity contribution in [2.45, 2.75) is 4.90 Å². The fourth-order valence-electron chi connectivity index (χ4n) is 2.38. The van der Waals surface area contributed by atoms with Crippen LogP contribution in [0.15, 0.2) is 47.6 Å². The zero-order valence-corrected chi connectivity index (χ0v) is 14.1. The quantitative estimate of drug-likeness (QED) is 0.795. The Morgan fingerprint density at radius 3 is 2.39 bits per heavy atom. The normalized spacial score (nSPS) is 14.8. The maximum Gasteiger partial charge on any atom is 0.233 e. The Bertz CT molecular complexity index is 645. The van der Waals surface area contributed by atoms with Crippen molar-refractivity contribution in [2.75, 3.05) is 36.8 Å². The number of aromatic nitrogens is 2. The Kier molecular flexibility index (Phi) is 5.35. The van der Waals surface area contributed by atoms with Gasteiger partial charge < -0.3 is 9.80 Å². The van der Waals surface area contributed by atoms with E-state index in [1.54, 1.807) is 18.5 Å². The molecule has 0 radical (unpaired) electrons. The van der Waals surface area contributed by atoms with E-state index in [1.807, 2.05) is 29.2 Å². The van der Waals surface area contributed by atoms with Gasteiger partial charge >= 0.3 is 0 Å². The number of rotatable bonds is 4. The first-order valence-electron chi connectivity index (χ1n) is 7.40. The standard InChI is InChI=1S/C16H17ClN4OS/c17-13-2-4-14(5-3-13)23-12-15(22)20-8-10-21(11-9-20)16-18-6-1-7-19-16/h1-7H,8-12H2. The monoisotopic (exact) mass is 348 g/mol. The van der Waals surface area contributed by atoms with Crippen LogP contribution in [0.3, 0.4) is 0 Å². The number of halogens is 1. The topological polar surface area (TPSA) is 49.3 Å². The third-order valence-electron chi connectivity index (χ3n) is 3.64. The first-order valence-corrected chi connectivity index (χ1v) is 8.77. The first-order chi connectivity index (χ1) is 11.2. The summed E-state index contributed by atoms with van der Waals surface area (Å²) in [5, 5.41) is 0.708. The summed E-state index contributed by atoms with van der Waals surface area (Å²) >= 11 is 7.40. The number of carbonyl (C=O) groups excluding carboxylic acids is 1. The second-order valence-corrected chi connectivity index (χ2v) is 6.64. The molecule has 120 valence electrons. The molecule has 1 aromatic carbocycles. The van der Waals surface area contributed by atoms with Crippen LogP contribution in [0.2, 0.25) is 5.02 Å². The van der Waals surface area contributed by atoms with Gasteiger partial charge in [-0.1, -0.05) is 11.6 Å². The Morgan fingerprint density at radius 1 is 1.09 bits per heavy atom. The molecule has 3 rings (SSSR count). The minimum absolute atomic E-state index is 0.165. The van der Waals surface area contributed by atoms with Crippen molar-refractivity contribution in [3.8, 4) is 0 Å². The molecule has 0 bridgehead atoms. The molecular formula is C16H17ClN4OS. The predicted molar refractivity (Wildman–Crippen MR) is 93.0 cm³/mol. The second kappa shape index (κ2) is 7.66. The molecule has 1 saturated heterocycles. The van der Waals surface area contributed by atoms with Crippen molar-refractivity contribution in [3.63, 3.8) is 0 Å². The van der Waals surface area contributed by atoms with Gasteiger partial charge in [-0.05, 0) is 30.3 Å². The Balaban J connectivity index is 1.47. The molecule has 23 heavy (non-hydrogen) atoms. The third kappa shape index (κ3) is 4.36. The summed E-state index contributed by atoms with van der Waals surface area (Å²) in [5.74, 6) is 1.34. The lowest BCUT2D eigenvalue weighted by molar-refractivity contribution is -0.128. The number of carbonyl (C=O) groups is 1. The highest BCUT2D eigenvalue weighted by Gasteiger charge is 2.22. The number of piperazine rings is 1. The van der Waals surface area contributed by atoms with E-state index in [9.17, 15) is 4.79 Å². The van der Waals surface area contributed by atoms with Gasteiger partial charge in [-0.15, -0.1) is 11.8 Å². The molecule has 1 aliphatic rings. The number of anilines is 1. The van der Waals surface area contributed by atoms with Gasteiger partial charge in [0.25, 0.3) is 0 Å². The van der Waals surface area contributed by atoms with Crippen molar-refractivity contribution >= 4 is 35.2 Å². The molecule has 1 aliphatic heterocycles. The van der Waals surface area contributed by atoms with Gasteiger partial charge in [0.2, 0.25) is 11.9 Å². The van der Waals surface area contributed by atoms with E-state index in [4.69, 9.17) is 11.6 Å². The van der Waals surface area contributed by atoms with Crippen molar-refractivity contribution in [1.29, 1.82) is 0 Å². The van der Waals surface area contributed by atoms with Crippen LogP contribution in [0.1, 0.15) is 0 Å². The van der Waals surface area contributed by atoms with Crippen LogP contribution in [-0.2, 0) is 4.79 Å². The van der Waals surface area contributed by atoms with Crippen molar-refractivity contribution in [1.82, 2.24) is 14.9 Å². The molecule has 0 unspecified atom stereocenters. The number of thioether (sulfide) groups is 1. The molecular weight excluding hydrogens is 332 g/mol. The van der Waals surface area contributed by atoms with Gasteiger partial charge in [0.05, 0.1) is 5.75 Å². The lowest BCUT2D eigenvalue weighted by Gasteiger charge is -2.34. The summed E-state index contributed by atoms with van der Waals surface area (Å²) in [6, 6.07) is 9.35. The molecule has 1 amide bonds. The molecule has 1 aromatic heterocycles. The molecule has 0 saturated carbocycles. The third-order valence-corrected chi connectivity index (χ3v) is 4.89. The number of benzene rings is 1. The SMILES string of the molecule is O=C(CSc1ccc(Cl)cc1)N1CCN(c2ncccn2)CC1. The average Bonchev–Trinajstić information content (AvgIpc) is 2.62. The van der Waals surface area contributed by atoms with Gasteiger partial charge in [-0.25, -0.2) is 9.97 Å².